The maximum atomic E-state index is 5.93. The summed E-state index contributed by atoms with van der Waals surface area (Å²) in [5.74, 6) is 2.25. The van der Waals surface area contributed by atoms with Gasteiger partial charge in [-0.15, -0.1) is 0 Å². The molecule has 0 fully saturated rings. The Bertz CT molecular complexity index is 506. The van der Waals surface area contributed by atoms with Crippen molar-refractivity contribution in [1.82, 2.24) is 5.32 Å². The van der Waals surface area contributed by atoms with E-state index in [2.05, 4.69) is 52.9 Å². The highest BCUT2D eigenvalue weighted by molar-refractivity contribution is 9.10. The molecule has 0 amide bonds. The average Bonchev–Trinajstić information content (AvgIpc) is 2.81. The molecule has 110 valence electrons. The fourth-order valence-electron chi connectivity index (χ4n) is 3.15. The van der Waals surface area contributed by atoms with Gasteiger partial charge in [0.1, 0.15) is 5.75 Å². The summed E-state index contributed by atoms with van der Waals surface area (Å²) >= 11 is 5.87. The van der Waals surface area contributed by atoms with E-state index in [1.165, 1.54) is 39.8 Å². The van der Waals surface area contributed by atoms with Crippen molar-refractivity contribution in [2.75, 3.05) is 13.2 Å². The van der Waals surface area contributed by atoms with Crippen LogP contribution in [-0.4, -0.2) is 18.4 Å². The molecule has 1 aromatic carbocycles. The Hall–Kier alpha value is -0.190. The van der Waals surface area contributed by atoms with E-state index in [0.717, 1.165) is 25.3 Å². The van der Waals surface area contributed by atoms with Crippen LogP contribution in [0.1, 0.15) is 49.4 Å². The smallest absolute Gasteiger partial charge is 0.127 e. The van der Waals surface area contributed by atoms with Gasteiger partial charge < -0.3 is 10.1 Å². The lowest BCUT2D eigenvalue weighted by atomic mass is 9.94. The number of thioether (sulfide) groups is 1. The maximum Gasteiger partial charge on any atom is 0.127 e. The predicted molar refractivity (Wildman–Crippen MR) is 89.7 cm³/mol. The highest BCUT2D eigenvalue weighted by atomic mass is 79.9. The van der Waals surface area contributed by atoms with E-state index in [1.807, 2.05) is 0 Å². The van der Waals surface area contributed by atoms with Crippen LogP contribution in [-0.2, 0) is 12.2 Å². The Kier molecular flexibility index (Phi) is 4.63. The summed E-state index contributed by atoms with van der Waals surface area (Å²) in [4.78, 5) is 0. The molecule has 4 heteroatoms. The molecule has 0 saturated carbocycles. The molecular formula is C16H22BrNOS. The predicted octanol–water partition coefficient (Wildman–Crippen LogP) is 4.45. The Morgan fingerprint density at radius 1 is 1.50 bits per heavy atom. The van der Waals surface area contributed by atoms with Crippen LogP contribution in [0.4, 0.5) is 0 Å². The van der Waals surface area contributed by atoms with E-state index in [-0.39, 0.29) is 0 Å². The maximum absolute atomic E-state index is 5.93. The quantitative estimate of drug-likeness (QED) is 0.865. The monoisotopic (exact) mass is 355 g/mol. The second-order valence-corrected chi connectivity index (χ2v) is 7.98. The number of halogens is 1. The molecule has 0 saturated heterocycles. The number of hydrogen-bond donors (Lipinski definition) is 1. The second kappa shape index (κ2) is 6.29. The third-order valence-electron chi connectivity index (χ3n) is 4.14. The van der Waals surface area contributed by atoms with Crippen molar-refractivity contribution < 1.29 is 4.74 Å². The van der Waals surface area contributed by atoms with Gasteiger partial charge >= 0.3 is 0 Å². The van der Waals surface area contributed by atoms with Crippen LogP contribution < -0.4 is 10.1 Å². The summed E-state index contributed by atoms with van der Waals surface area (Å²) in [5, 5.41) is 4.41. The normalized spacial score (nSPS) is 24.8. The lowest BCUT2D eigenvalue weighted by molar-refractivity contribution is 0.353. The minimum Gasteiger partial charge on any atom is -0.493 e. The summed E-state index contributed by atoms with van der Waals surface area (Å²) in [6.45, 7) is 6.48. The average molecular weight is 356 g/mol. The van der Waals surface area contributed by atoms with E-state index in [4.69, 9.17) is 4.74 Å². The van der Waals surface area contributed by atoms with Crippen LogP contribution in [0.5, 0.6) is 5.75 Å². The first kappa shape index (κ1) is 14.7. The van der Waals surface area contributed by atoms with Gasteiger partial charge in [0.2, 0.25) is 0 Å². The van der Waals surface area contributed by atoms with E-state index >= 15 is 0 Å². The first-order valence-corrected chi connectivity index (χ1v) is 9.36. The minimum atomic E-state index is 0.443. The zero-order valence-electron chi connectivity index (χ0n) is 12.2. The van der Waals surface area contributed by atoms with E-state index in [1.54, 1.807) is 0 Å². The van der Waals surface area contributed by atoms with Crippen molar-refractivity contribution in [2.45, 2.75) is 50.2 Å². The first-order chi connectivity index (χ1) is 9.70. The van der Waals surface area contributed by atoms with Gasteiger partial charge in [-0.3, -0.25) is 0 Å². The molecule has 0 spiro atoms. The molecule has 2 atom stereocenters. The Morgan fingerprint density at radius 3 is 3.15 bits per heavy atom. The number of ether oxygens (including phenoxy) is 1. The highest BCUT2D eigenvalue weighted by Crippen LogP contribution is 2.45. The highest BCUT2D eigenvalue weighted by Gasteiger charge is 2.30. The molecule has 1 aromatic rings. The van der Waals surface area contributed by atoms with Crippen molar-refractivity contribution in [3.63, 3.8) is 0 Å². The Labute approximate surface area is 134 Å². The van der Waals surface area contributed by atoms with Crippen molar-refractivity contribution >= 4 is 27.7 Å². The fourth-order valence-corrected chi connectivity index (χ4v) is 5.01. The van der Waals surface area contributed by atoms with Crippen LogP contribution in [0.15, 0.2) is 10.5 Å². The molecule has 2 aliphatic rings. The van der Waals surface area contributed by atoms with Gasteiger partial charge in [-0.05, 0) is 36.6 Å². The van der Waals surface area contributed by atoms with Gasteiger partial charge in [0.25, 0.3) is 0 Å². The number of nitrogens with one attached hydrogen (secondary N) is 1. The SMILES string of the molecule is CCCNC1CC(C)SCc2c3c(cc(Br)c21)CCO3. The molecule has 2 nitrogen and oxygen atoms in total. The molecule has 2 unspecified atom stereocenters. The van der Waals surface area contributed by atoms with Gasteiger partial charge in [0, 0.05) is 33.5 Å². The minimum absolute atomic E-state index is 0.443. The second-order valence-electron chi connectivity index (χ2n) is 5.70. The van der Waals surface area contributed by atoms with Crippen LogP contribution in [0, 0.1) is 0 Å². The van der Waals surface area contributed by atoms with E-state index < -0.39 is 0 Å². The number of fused-ring (bicyclic) bond motifs is 3. The molecule has 20 heavy (non-hydrogen) atoms. The van der Waals surface area contributed by atoms with Crippen LogP contribution >= 0.6 is 27.7 Å². The molecule has 1 N–H and O–H groups in total. The van der Waals surface area contributed by atoms with E-state index in [9.17, 15) is 0 Å². The zero-order chi connectivity index (χ0) is 14.1. The summed E-state index contributed by atoms with van der Waals surface area (Å²) in [7, 11) is 0. The van der Waals surface area contributed by atoms with Gasteiger partial charge in [0.15, 0.2) is 0 Å². The van der Waals surface area contributed by atoms with Gasteiger partial charge in [-0.25, -0.2) is 0 Å². The lowest BCUT2D eigenvalue weighted by Crippen LogP contribution is -2.24. The molecular weight excluding hydrogens is 334 g/mol. The van der Waals surface area contributed by atoms with Gasteiger partial charge in [-0.2, -0.15) is 11.8 Å². The lowest BCUT2D eigenvalue weighted by Gasteiger charge is -2.23. The fraction of sp³-hybridized carbons (Fsp3) is 0.625. The van der Waals surface area contributed by atoms with Gasteiger partial charge in [-0.1, -0.05) is 29.8 Å². The van der Waals surface area contributed by atoms with Crippen LogP contribution in [0.25, 0.3) is 0 Å². The molecule has 0 aliphatic carbocycles. The molecule has 0 bridgehead atoms. The van der Waals surface area contributed by atoms with Crippen molar-refractivity contribution in [2.24, 2.45) is 0 Å². The van der Waals surface area contributed by atoms with Crippen molar-refractivity contribution in [1.29, 1.82) is 0 Å². The number of benzene rings is 1. The van der Waals surface area contributed by atoms with E-state index in [0.29, 0.717) is 11.3 Å². The van der Waals surface area contributed by atoms with Crippen LogP contribution in [0.2, 0.25) is 0 Å². The third-order valence-corrected chi connectivity index (χ3v) is 6.01. The largest absolute Gasteiger partial charge is 0.493 e. The third kappa shape index (κ3) is 2.75. The summed E-state index contributed by atoms with van der Waals surface area (Å²) in [6.07, 6.45) is 3.41. The number of hydrogen-bond acceptors (Lipinski definition) is 3. The summed E-state index contributed by atoms with van der Waals surface area (Å²) in [6, 6.07) is 2.72. The number of rotatable bonds is 3. The molecule has 2 heterocycles. The van der Waals surface area contributed by atoms with Crippen molar-refractivity contribution in [3.8, 4) is 5.75 Å². The van der Waals surface area contributed by atoms with Crippen LogP contribution in [0.3, 0.4) is 0 Å². The van der Waals surface area contributed by atoms with Gasteiger partial charge in [0.05, 0.1) is 6.61 Å². The summed E-state index contributed by atoms with van der Waals surface area (Å²) < 4.78 is 7.20. The molecule has 0 aromatic heterocycles. The molecule has 2 aliphatic heterocycles. The first-order valence-electron chi connectivity index (χ1n) is 7.52. The summed E-state index contributed by atoms with van der Waals surface area (Å²) in [5.41, 5.74) is 4.24. The topological polar surface area (TPSA) is 21.3 Å². The van der Waals surface area contributed by atoms with Crippen molar-refractivity contribution in [3.05, 3.63) is 27.2 Å². The molecule has 0 radical (unpaired) electrons. The Morgan fingerprint density at radius 2 is 2.35 bits per heavy atom. The molecule has 3 rings (SSSR count). The Balaban J connectivity index is 2.04. The zero-order valence-corrected chi connectivity index (χ0v) is 14.6. The standard InChI is InChI=1S/C16H22BrNOS/c1-3-5-18-14-7-10(2)20-9-12-15(14)13(17)8-11-4-6-19-16(11)12/h8,10,14,18H,3-7,9H2,1-2H3.